The third kappa shape index (κ3) is 7.32. The first kappa shape index (κ1) is 30.9. The van der Waals surface area contributed by atoms with Crippen molar-refractivity contribution >= 4 is 44.8 Å². The number of fused-ring (bicyclic) bond motifs is 1. The predicted molar refractivity (Wildman–Crippen MR) is 174 cm³/mol. The van der Waals surface area contributed by atoms with Crippen molar-refractivity contribution in [3.63, 3.8) is 0 Å². The molecule has 4 aromatic rings. The molecule has 0 bridgehead atoms. The molecule has 0 radical (unpaired) electrons. The minimum atomic E-state index is -1.01. The van der Waals surface area contributed by atoms with Crippen molar-refractivity contribution in [3.05, 3.63) is 117 Å². The highest BCUT2D eigenvalue weighted by atomic mass is 35.5. The summed E-state index contributed by atoms with van der Waals surface area (Å²) in [6.45, 7) is 3.25. The van der Waals surface area contributed by atoms with Crippen molar-refractivity contribution in [1.29, 1.82) is 0 Å². The molecule has 0 saturated carbocycles. The number of benzene rings is 4. The van der Waals surface area contributed by atoms with Crippen molar-refractivity contribution in [3.8, 4) is 0 Å². The topological polar surface area (TPSA) is 83.8 Å². The smallest absolute Gasteiger partial charge is 0.270 e. The van der Waals surface area contributed by atoms with Crippen LogP contribution in [0.25, 0.3) is 10.8 Å². The second kappa shape index (κ2) is 13.8. The Morgan fingerprint density at radius 2 is 1.72 bits per heavy atom. The van der Waals surface area contributed by atoms with Crippen molar-refractivity contribution in [2.75, 3.05) is 39.5 Å². The van der Waals surface area contributed by atoms with Crippen molar-refractivity contribution in [2.45, 2.75) is 36.0 Å². The maximum Gasteiger partial charge on any atom is 0.270 e. The van der Waals surface area contributed by atoms with E-state index >= 15 is 0 Å². The summed E-state index contributed by atoms with van der Waals surface area (Å²) in [4.78, 5) is 30.0. The third-order valence-electron chi connectivity index (χ3n) is 8.52. The molecule has 0 N–H and O–H groups in total. The first-order chi connectivity index (χ1) is 20.7. The molecule has 1 fully saturated rings. The van der Waals surface area contributed by atoms with Gasteiger partial charge in [0.1, 0.15) is 0 Å². The average molecular weight is 618 g/mol. The molecule has 43 heavy (non-hydrogen) atoms. The molecule has 0 aliphatic carbocycles. The van der Waals surface area contributed by atoms with Crippen molar-refractivity contribution < 1.29 is 13.9 Å². The molecule has 1 aliphatic heterocycles. The van der Waals surface area contributed by atoms with E-state index in [-0.39, 0.29) is 17.5 Å². The minimum Gasteiger partial charge on any atom is -0.341 e. The van der Waals surface area contributed by atoms with Crippen molar-refractivity contribution in [2.24, 2.45) is 0 Å². The largest absolute Gasteiger partial charge is 0.341 e. The fourth-order valence-electron chi connectivity index (χ4n) is 6.18. The first-order valence-electron chi connectivity index (χ1n) is 14.5. The van der Waals surface area contributed by atoms with Gasteiger partial charge < -0.3 is 9.80 Å². The zero-order chi connectivity index (χ0) is 30.5. The summed E-state index contributed by atoms with van der Waals surface area (Å²) in [5, 5.41) is 13.6. The van der Waals surface area contributed by atoms with Crippen LogP contribution in [-0.2, 0) is 10.8 Å². The summed E-state index contributed by atoms with van der Waals surface area (Å²) in [5.41, 5.74) is 2.54. The summed E-state index contributed by atoms with van der Waals surface area (Å²) >= 11 is 6.20. The fourth-order valence-corrected chi connectivity index (χ4v) is 7.14. The van der Waals surface area contributed by atoms with Crippen LogP contribution in [0, 0.1) is 10.1 Å². The first-order valence-corrected chi connectivity index (χ1v) is 16.5. The Bertz CT molecular complexity index is 1640. The summed E-state index contributed by atoms with van der Waals surface area (Å²) in [7, 11) is 0.756. The van der Waals surface area contributed by atoms with Gasteiger partial charge in [-0.05, 0) is 84.9 Å². The van der Waals surface area contributed by atoms with Gasteiger partial charge >= 0.3 is 0 Å². The summed E-state index contributed by atoms with van der Waals surface area (Å²) in [6, 6.07) is 26.0. The van der Waals surface area contributed by atoms with E-state index < -0.39 is 15.7 Å². The van der Waals surface area contributed by atoms with Crippen LogP contribution in [0.3, 0.4) is 0 Å². The van der Waals surface area contributed by atoms with E-state index in [0.29, 0.717) is 33.8 Å². The predicted octanol–water partition coefficient (Wildman–Crippen LogP) is 7.26. The van der Waals surface area contributed by atoms with E-state index in [1.807, 2.05) is 60.7 Å². The van der Waals surface area contributed by atoms with Gasteiger partial charge in [-0.25, -0.2) is 0 Å². The Balaban J connectivity index is 1.30. The van der Waals surface area contributed by atoms with E-state index in [9.17, 15) is 19.1 Å². The highest BCUT2D eigenvalue weighted by Crippen LogP contribution is 2.33. The molecule has 5 rings (SSSR count). The molecule has 1 aliphatic rings. The van der Waals surface area contributed by atoms with Gasteiger partial charge in [0.15, 0.2) is 0 Å². The van der Waals surface area contributed by atoms with Gasteiger partial charge in [0.25, 0.3) is 11.6 Å². The number of amides is 1. The second-order valence-electron chi connectivity index (χ2n) is 11.3. The van der Waals surface area contributed by atoms with Gasteiger partial charge in [-0.15, -0.1) is 0 Å². The normalized spacial score (nSPS) is 15.7. The summed E-state index contributed by atoms with van der Waals surface area (Å²) in [5.74, 6) is 0.209. The van der Waals surface area contributed by atoms with Gasteiger partial charge in [0, 0.05) is 47.8 Å². The number of non-ortho nitro benzene ring substituents is 1. The van der Waals surface area contributed by atoms with Gasteiger partial charge in [0.05, 0.1) is 21.3 Å². The highest BCUT2D eigenvalue weighted by Gasteiger charge is 2.26. The van der Waals surface area contributed by atoms with Crippen LogP contribution in [0.15, 0.2) is 89.8 Å². The maximum absolute atomic E-state index is 13.8. The Hall–Kier alpha value is -3.59. The number of nitro benzene ring substituents is 1. The molecular formula is C34H36ClN3O4S. The average Bonchev–Trinajstić information content (AvgIpc) is 3.02. The number of rotatable bonds is 10. The Morgan fingerprint density at radius 3 is 2.42 bits per heavy atom. The second-order valence-corrected chi connectivity index (χ2v) is 13.1. The van der Waals surface area contributed by atoms with E-state index in [1.165, 1.54) is 17.7 Å². The van der Waals surface area contributed by atoms with Crippen molar-refractivity contribution in [1.82, 2.24) is 9.80 Å². The Kier molecular flexibility index (Phi) is 9.90. The zero-order valence-corrected chi connectivity index (χ0v) is 26.0. The summed E-state index contributed by atoms with van der Waals surface area (Å²) < 4.78 is 12.3. The van der Waals surface area contributed by atoms with Crippen LogP contribution < -0.4 is 0 Å². The van der Waals surface area contributed by atoms with Crippen LogP contribution in [0.5, 0.6) is 0 Å². The third-order valence-corrected chi connectivity index (χ3v) is 9.76. The lowest BCUT2D eigenvalue weighted by atomic mass is 9.88. The van der Waals surface area contributed by atoms with Gasteiger partial charge in [-0.1, -0.05) is 66.2 Å². The number of nitro groups is 1. The molecule has 1 amide bonds. The number of hydrogen-bond acceptors (Lipinski definition) is 5. The lowest BCUT2D eigenvalue weighted by Crippen LogP contribution is -2.36. The van der Waals surface area contributed by atoms with Crippen LogP contribution in [0.1, 0.15) is 52.6 Å². The summed E-state index contributed by atoms with van der Waals surface area (Å²) in [6.07, 6.45) is 4.61. The van der Waals surface area contributed by atoms with Crippen LogP contribution in [-0.4, -0.2) is 64.3 Å². The Labute approximate surface area is 260 Å². The number of carbonyl (C=O) groups is 1. The monoisotopic (exact) mass is 617 g/mol. The zero-order valence-electron chi connectivity index (χ0n) is 24.4. The molecule has 4 aromatic carbocycles. The van der Waals surface area contributed by atoms with Crippen LogP contribution in [0.4, 0.5) is 5.69 Å². The number of likely N-dealkylation sites (N-methyl/N-ethyl adjacent to an activating group) is 1. The number of halogens is 1. The Morgan fingerprint density at radius 1 is 1.05 bits per heavy atom. The quantitative estimate of drug-likeness (QED) is 0.138. The molecule has 9 heteroatoms. The molecule has 1 unspecified atom stereocenters. The standard InChI is InChI=1S/C34H36ClN3O4S/c1-36(34(39)32-22-29(38(40)41)21-26-7-3-4-8-30(26)32)23-27(24-11-13-28(35)14-12-24)17-20-37-18-15-25(16-19-37)31-9-5-6-10-33(31)43(2)42/h3-14,21-22,25,27H,15-20,23H2,1-2H3/t27?,43-/m0/s1. The van der Waals surface area contributed by atoms with Gasteiger partial charge in [-0.2, -0.15) is 0 Å². The van der Waals surface area contributed by atoms with E-state index in [1.54, 1.807) is 24.3 Å². The molecule has 1 heterocycles. The van der Waals surface area contributed by atoms with Gasteiger partial charge in [-0.3, -0.25) is 19.1 Å². The minimum absolute atomic E-state index is 0.0529. The molecule has 2 atom stereocenters. The number of hydrogen-bond donors (Lipinski definition) is 0. The molecule has 0 spiro atoms. The lowest BCUT2D eigenvalue weighted by Gasteiger charge is -2.34. The fraction of sp³-hybridized carbons (Fsp3) is 0.324. The molecular weight excluding hydrogens is 582 g/mol. The number of piperidine rings is 1. The molecule has 7 nitrogen and oxygen atoms in total. The lowest BCUT2D eigenvalue weighted by molar-refractivity contribution is -0.384. The van der Waals surface area contributed by atoms with E-state index in [0.717, 1.165) is 49.4 Å². The van der Waals surface area contributed by atoms with Crippen LogP contribution in [0.2, 0.25) is 5.02 Å². The van der Waals surface area contributed by atoms with E-state index in [4.69, 9.17) is 11.6 Å². The highest BCUT2D eigenvalue weighted by molar-refractivity contribution is 7.84. The maximum atomic E-state index is 13.8. The van der Waals surface area contributed by atoms with Crippen LogP contribution >= 0.6 is 11.6 Å². The number of likely N-dealkylation sites (tertiary alicyclic amines) is 1. The molecule has 1 saturated heterocycles. The molecule has 0 aromatic heterocycles. The van der Waals surface area contributed by atoms with E-state index in [2.05, 4.69) is 11.0 Å². The molecule has 224 valence electrons. The number of carbonyl (C=O) groups excluding carboxylic acids is 1. The SMILES string of the molecule is CN(CC(CCN1CCC(c2ccccc2[S@](C)=O)CC1)c1ccc(Cl)cc1)C(=O)c1cc([N+](=O)[O-])cc2ccccc12. The number of nitrogens with zero attached hydrogens (tertiary/aromatic N) is 3. The van der Waals surface area contributed by atoms with Gasteiger partial charge in [0.2, 0.25) is 0 Å².